The van der Waals surface area contributed by atoms with Gasteiger partial charge in [-0.3, -0.25) is 4.79 Å². The lowest BCUT2D eigenvalue weighted by atomic mass is 10.1. The topological polar surface area (TPSA) is 64.8 Å². The first-order valence-electron chi connectivity index (χ1n) is 9.89. The van der Waals surface area contributed by atoms with Crippen molar-refractivity contribution in [2.24, 2.45) is 0 Å². The molecule has 0 N–H and O–H groups in total. The largest absolute Gasteiger partial charge is 0.497 e. The number of hydrogen-bond acceptors (Lipinski definition) is 5. The molecule has 0 bridgehead atoms. The predicted molar refractivity (Wildman–Crippen MR) is 109 cm³/mol. The van der Waals surface area contributed by atoms with Crippen LogP contribution in [0, 0.1) is 5.82 Å². The second kappa shape index (κ2) is 9.09. The van der Waals surface area contributed by atoms with E-state index in [1.807, 2.05) is 30.3 Å². The summed E-state index contributed by atoms with van der Waals surface area (Å²) in [4.78, 5) is 14.8. The third kappa shape index (κ3) is 4.68. The van der Waals surface area contributed by atoms with Crippen molar-refractivity contribution in [3.8, 4) is 17.1 Å². The summed E-state index contributed by atoms with van der Waals surface area (Å²) in [6.45, 7) is 1.41. The van der Waals surface area contributed by atoms with Gasteiger partial charge in [0.1, 0.15) is 17.3 Å². The lowest BCUT2D eigenvalue weighted by Crippen LogP contribution is -2.37. The Balaban J connectivity index is 1.54. The molecule has 1 atom stereocenters. The van der Waals surface area contributed by atoms with Crippen LogP contribution in [0.25, 0.3) is 11.3 Å². The fraction of sp³-hybridized carbons (Fsp3) is 0.304. The van der Waals surface area contributed by atoms with Gasteiger partial charge in [0.25, 0.3) is 5.91 Å². The van der Waals surface area contributed by atoms with Crippen LogP contribution in [0.3, 0.4) is 0 Å². The van der Waals surface area contributed by atoms with E-state index in [1.165, 1.54) is 24.3 Å². The van der Waals surface area contributed by atoms with E-state index in [-0.39, 0.29) is 24.4 Å². The van der Waals surface area contributed by atoms with Gasteiger partial charge in [0, 0.05) is 30.3 Å². The Morgan fingerprint density at radius 1 is 1.23 bits per heavy atom. The average molecular weight is 410 g/mol. The van der Waals surface area contributed by atoms with E-state index in [4.69, 9.17) is 14.0 Å². The van der Waals surface area contributed by atoms with Gasteiger partial charge in [-0.05, 0) is 49.2 Å². The molecule has 2 aromatic carbocycles. The Labute approximate surface area is 174 Å². The number of amides is 1. The Kier molecular flexibility index (Phi) is 6.09. The van der Waals surface area contributed by atoms with Gasteiger partial charge in [-0.25, -0.2) is 4.39 Å². The number of methoxy groups -OCH3 is 1. The third-order valence-electron chi connectivity index (χ3n) is 5.09. The fourth-order valence-electron chi connectivity index (χ4n) is 3.52. The van der Waals surface area contributed by atoms with E-state index in [2.05, 4.69) is 5.16 Å². The molecule has 1 amide bonds. The molecule has 0 spiro atoms. The molecule has 6 nitrogen and oxygen atoms in total. The highest BCUT2D eigenvalue weighted by Crippen LogP contribution is 2.25. The van der Waals surface area contributed by atoms with Gasteiger partial charge >= 0.3 is 0 Å². The molecule has 156 valence electrons. The molecule has 3 aromatic rings. The Hall–Kier alpha value is -3.19. The highest BCUT2D eigenvalue weighted by molar-refractivity contribution is 5.94. The molecule has 1 aliphatic rings. The molecular weight excluding hydrogens is 387 g/mol. The van der Waals surface area contributed by atoms with Crippen molar-refractivity contribution in [2.75, 3.05) is 20.3 Å². The smallest absolute Gasteiger partial charge is 0.254 e. The molecule has 1 aliphatic heterocycles. The first-order valence-corrected chi connectivity index (χ1v) is 9.89. The quantitative estimate of drug-likeness (QED) is 0.581. The number of rotatable bonds is 7. The maximum absolute atomic E-state index is 13.3. The van der Waals surface area contributed by atoms with Crippen LogP contribution >= 0.6 is 0 Å². The maximum Gasteiger partial charge on any atom is 0.254 e. The summed E-state index contributed by atoms with van der Waals surface area (Å²) in [6, 6.07) is 14.9. The fourth-order valence-corrected chi connectivity index (χ4v) is 3.52. The summed E-state index contributed by atoms with van der Waals surface area (Å²) < 4.78 is 29.7. The zero-order chi connectivity index (χ0) is 20.9. The molecule has 1 saturated heterocycles. The van der Waals surface area contributed by atoms with Crippen LogP contribution in [0.4, 0.5) is 4.39 Å². The van der Waals surface area contributed by atoms with E-state index in [0.717, 1.165) is 24.2 Å². The second-order valence-corrected chi connectivity index (χ2v) is 7.24. The van der Waals surface area contributed by atoms with Gasteiger partial charge < -0.3 is 18.9 Å². The maximum atomic E-state index is 13.3. The van der Waals surface area contributed by atoms with Crippen LogP contribution in [0.2, 0.25) is 0 Å². The Morgan fingerprint density at radius 2 is 2.07 bits per heavy atom. The number of ether oxygens (including phenoxy) is 2. The van der Waals surface area contributed by atoms with Crippen molar-refractivity contribution in [3.63, 3.8) is 0 Å². The molecule has 30 heavy (non-hydrogen) atoms. The zero-order valence-corrected chi connectivity index (χ0v) is 16.7. The zero-order valence-electron chi connectivity index (χ0n) is 16.7. The lowest BCUT2D eigenvalue weighted by molar-refractivity contribution is 0.0502. The van der Waals surface area contributed by atoms with E-state index in [1.54, 1.807) is 12.0 Å². The molecule has 1 aromatic heterocycles. The van der Waals surface area contributed by atoms with E-state index in [0.29, 0.717) is 30.2 Å². The number of benzene rings is 2. The van der Waals surface area contributed by atoms with Crippen LogP contribution in [-0.4, -0.2) is 42.3 Å². The summed E-state index contributed by atoms with van der Waals surface area (Å²) in [5, 5.41) is 4.14. The molecule has 0 aliphatic carbocycles. The van der Waals surface area contributed by atoms with E-state index < -0.39 is 0 Å². The van der Waals surface area contributed by atoms with Crippen molar-refractivity contribution < 1.29 is 23.2 Å². The lowest BCUT2D eigenvalue weighted by Gasteiger charge is -2.24. The molecule has 1 fully saturated rings. The highest BCUT2D eigenvalue weighted by atomic mass is 19.1. The normalized spacial score (nSPS) is 15.9. The Bertz CT molecular complexity index is 996. The minimum absolute atomic E-state index is 0.0147. The number of hydrogen-bond donors (Lipinski definition) is 0. The molecule has 2 heterocycles. The number of nitrogens with zero attached hydrogens (tertiary/aromatic N) is 2. The molecular formula is C23H23FN2O4. The third-order valence-corrected chi connectivity index (χ3v) is 5.09. The summed E-state index contributed by atoms with van der Waals surface area (Å²) in [6.07, 6.45) is 1.87. The molecule has 0 radical (unpaired) electrons. The summed E-state index contributed by atoms with van der Waals surface area (Å²) in [7, 11) is 1.61. The number of halogens is 1. The first kappa shape index (κ1) is 20.1. The van der Waals surface area contributed by atoms with Crippen molar-refractivity contribution in [2.45, 2.75) is 25.5 Å². The average Bonchev–Trinajstić information content (AvgIpc) is 3.46. The molecule has 0 saturated carbocycles. The number of carbonyl (C=O) groups excluding carboxylic acids is 1. The van der Waals surface area contributed by atoms with Crippen molar-refractivity contribution in [1.29, 1.82) is 0 Å². The van der Waals surface area contributed by atoms with Gasteiger partial charge in [-0.1, -0.05) is 17.3 Å². The van der Waals surface area contributed by atoms with E-state index in [9.17, 15) is 9.18 Å². The second-order valence-electron chi connectivity index (χ2n) is 7.24. The SMILES string of the molecule is COc1cccc(-c2cc(CN(C[C@@H]3CCCO3)C(=O)c3ccc(F)cc3)no2)c1. The van der Waals surface area contributed by atoms with Crippen molar-refractivity contribution in [3.05, 3.63) is 71.7 Å². The summed E-state index contributed by atoms with van der Waals surface area (Å²) in [5.74, 6) is 0.736. The standard InChI is InChI=1S/C23H23FN2O4/c1-28-20-5-2-4-17(12-20)22-13-19(25-30-22)14-26(15-21-6-3-11-29-21)23(27)16-7-9-18(24)10-8-16/h2,4-5,7-10,12-13,21H,3,6,11,14-15H2,1H3/t21-/m0/s1. The molecule has 0 unspecified atom stereocenters. The van der Waals surface area contributed by atoms with Gasteiger partial charge in [-0.2, -0.15) is 0 Å². The monoisotopic (exact) mass is 410 g/mol. The minimum atomic E-state index is -0.378. The highest BCUT2D eigenvalue weighted by Gasteiger charge is 2.25. The first-order chi connectivity index (χ1) is 14.6. The number of aromatic nitrogens is 1. The van der Waals surface area contributed by atoms with Crippen LogP contribution in [0.15, 0.2) is 59.1 Å². The molecule has 4 rings (SSSR count). The van der Waals surface area contributed by atoms with Gasteiger partial charge in [0.15, 0.2) is 5.76 Å². The van der Waals surface area contributed by atoms with Crippen LogP contribution in [0.1, 0.15) is 28.9 Å². The van der Waals surface area contributed by atoms with Gasteiger partial charge in [0.2, 0.25) is 0 Å². The minimum Gasteiger partial charge on any atom is -0.497 e. The number of carbonyl (C=O) groups is 1. The van der Waals surface area contributed by atoms with Gasteiger partial charge in [0.05, 0.1) is 19.8 Å². The van der Waals surface area contributed by atoms with Crippen LogP contribution < -0.4 is 4.74 Å². The van der Waals surface area contributed by atoms with Crippen molar-refractivity contribution in [1.82, 2.24) is 10.1 Å². The van der Waals surface area contributed by atoms with Crippen LogP contribution in [-0.2, 0) is 11.3 Å². The van der Waals surface area contributed by atoms with E-state index >= 15 is 0 Å². The van der Waals surface area contributed by atoms with Crippen molar-refractivity contribution >= 4 is 5.91 Å². The van der Waals surface area contributed by atoms with Crippen LogP contribution in [0.5, 0.6) is 5.75 Å². The molecule has 7 heteroatoms. The summed E-state index contributed by atoms with van der Waals surface area (Å²) >= 11 is 0. The van der Waals surface area contributed by atoms with Gasteiger partial charge in [-0.15, -0.1) is 0 Å². The summed E-state index contributed by atoms with van der Waals surface area (Å²) in [5.41, 5.74) is 1.89. The predicted octanol–water partition coefficient (Wildman–Crippen LogP) is 4.31. The Morgan fingerprint density at radius 3 is 2.80 bits per heavy atom.